The molecule has 0 aromatic rings. The molecule has 11 heteroatoms. The maximum absolute atomic E-state index is 12.0. The Hall–Kier alpha value is -1.49. The third kappa shape index (κ3) is 3.55. The van der Waals surface area contributed by atoms with Crippen molar-refractivity contribution in [2.75, 3.05) is 13.2 Å². The highest BCUT2D eigenvalue weighted by molar-refractivity contribution is 8.01. The molecule has 2 aliphatic heterocycles. The number of rotatable bonds is 5. The van der Waals surface area contributed by atoms with E-state index in [-0.39, 0.29) is 0 Å². The molecule has 0 unspecified atom stereocenters. The Morgan fingerprint density at radius 1 is 1.43 bits per heavy atom. The van der Waals surface area contributed by atoms with Gasteiger partial charge in [0.05, 0.1) is 0 Å². The topological polar surface area (TPSA) is 95.9 Å². The van der Waals surface area contributed by atoms with Crippen LogP contribution < -0.4 is 5.32 Å². The minimum atomic E-state index is -4.54. The molecule has 3 atom stereocenters. The molecule has 2 aliphatic rings. The van der Waals surface area contributed by atoms with Crippen molar-refractivity contribution in [2.24, 2.45) is 0 Å². The van der Waals surface area contributed by atoms with Crippen LogP contribution in [-0.4, -0.2) is 69.4 Å². The number of ether oxygens (including phenoxy) is 1. The van der Waals surface area contributed by atoms with Gasteiger partial charge in [-0.3, -0.25) is 9.59 Å². The molecule has 0 radical (unpaired) electrons. The van der Waals surface area contributed by atoms with Crippen molar-refractivity contribution in [3.8, 4) is 0 Å². The second kappa shape index (κ2) is 5.86. The maximum Gasteiger partial charge on any atom is 0.411 e. The van der Waals surface area contributed by atoms with Crippen LogP contribution in [0.4, 0.5) is 13.2 Å². The van der Waals surface area contributed by atoms with E-state index in [9.17, 15) is 32.7 Å². The highest BCUT2D eigenvalue weighted by Gasteiger charge is 2.64. The van der Waals surface area contributed by atoms with Gasteiger partial charge in [-0.25, -0.2) is 4.79 Å². The zero-order valence-electron chi connectivity index (χ0n) is 12.2. The van der Waals surface area contributed by atoms with E-state index < -0.39 is 59.4 Å². The molecule has 7 nitrogen and oxygen atoms in total. The molecular weight excluding hydrogens is 341 g/mol. The van der Waals surface area contributed by atoms with E-state index >= 15 is 0 Å². The number of thioether (sulfide) groups is 1. The summed E-state index contributed by atoms with van der Waals surface area (Å²) in [7, 11) is 0. The molecule has 0 aromatic heterocycles. The van der Waals surface area contributed by atoms with E-state index in [4.69, 9.17) is 0 Å². The first kappa shape index (κ1) is 17.9. The first-order chi connectivity index (χ1) is 10.4. The minimum Gasteiger partial charge on any atom is -0.480 e. The summed E-state index contributed by atoms with van der Waals surface area (Å²) >= 11 is 1.22. The Morgan fingerprint density at radius 2 is 2.04 bits per heavy atom. The SMILES string of the molecule is CC1(C)S[C@@H]2[C@H](NC(=O)COCC(F)(F)F)C(=O)N2[C@H]1C(=O)O. The van der Waals surface area contributed by atoms with Gasteiger partial charge in [0.1, 0.15) is 30.7 Å². The van der Waals surface area contributed by atoms with Crippen molar-refractivity contribution in [1.29, 1.82) is 0 Å². The third-order valence-corrected chi connectivity index (χ3v) is 5.06. The summed E-state index contributed by atoms with van der Waals surface area (Å²) in [5, 5.41) is 11.0. The molecule has 2 rings (SSSR count). The minimum absolute atomic E-state index is 0.551. The molecular formula is C12H15F3N2O5S. The van der Waals surface area contributed by atoms with Gasteiger partial charge in [0.15, 0.2) is 0 Å². The van der Waals surface area contributed by atoms with Crippen LogP contribution >= 0.6 is 11.8 Å². The lowest BCUT2D eigenvalue weighted by atomic mass is 9.96. The predicted octanol–water partition coefficient (Wildman–Crippen LogP) is 0.197. The van der Waals surface area contributed by atoms with Crippen LogP contribution in [0.25, 0.3) is 0 Å². The summed E-state index contributed by atoms with van der Waals surface area (Å²) in [6.07, 6.45) is -4.54. The fraction of sp³-hybridized carbons (Fsp3) is 0.750. The Bertz CT molecular complexity index is 539. The number of fused-ring (bicyclic) bond motifs is 1. The lowest BCUT2D eigenvalue weighted by Gasteiger charge is -2.43. The molecule has 0 saturated carbocycles. The second-order valence-electron chi connectivity index (χ2n) is 5.75. The van der Waals surface area contributed by atoms with Crippen LogP contribution in [-0.2, 0) is 19.1 Å². The quantitative estimate of drug-likeness (QED) is 0.683. The monoisotopic (exact) mass is 356 g/mol. The van der Waals surface area contributed by atoms with Crippen molar-refractivity contribution in [3.05, 3.63) is 0 Å². The summed E-state index contributed by atoms with van der Waals surface area (Å²) in [5.74, 6) is -2.56. The number of nitrogens with one attached hydrogen (secondary N) is 1. The van der Waals surface area contributed by atoms with Crippen molar-refractivity contribution in [1.82, 2.24) is 10.2 Å². The number of halogens is 3. The molecule has 2 fully saturated rings. The number of hydrogen-bond donors (Lipinski definition) is 2. The van der Waals surface area contributed by atoms with Crippen LogP contribution in [0.15, 0.2) is 0 Å². The van der Waals surface area contributed by atoms with Crippen molar-refractivity contribution in [2.45, 2.75) is 42.2 Å². The summed E-state index contributed by atoms with van der Waals surface area (Å²) in [5.41, 5.74) is 0. The van der Waals surface area contributed by atoms with Gasteiger partial charge in [0.2, 0.25) is 11.8 Å². The van der Waals surface area contributed by atoms with Crippen molar-refractivity contribution in [3.63, 3.8) is 0 Å². The predicted molar refractivity (Wildman–Crippen MR) is 72.5 cm³/mol. The van der Waals surface area contributed by atoms with Crippen LogP contribution in [0.5, 0.6) is 0 Å². The number of alkyl halides is 3. The molecule has 2 saturated heterocycles. The number of hydrogen-bond acceptors (Lipinski definition) is 5. The van der Waals surface area contributed by atoms with Crippen LogP contribution in [0, 0.1) is 0 Å². The Kier molecular flexibility index (Phi) is 4.55. The lowest BCUT2D eigenvalue weighted by molar-refractivity contribution is -0.176. The molecule has 2 amide bonds. The summed E-state index contributed by atoms with van der Waals surface area (Å²) < 4.78 is 39.2. The van der Waals surface area contributed by atoms with E-state index in [0.29, 0.717) is 0 Å². The number of carboxylic acids is 1. The number of carboxylic acid groups (broad SMARTS) is 1. The third-order valence-electron chi connectivity index (χ3n) is 3.49. The van der Waals surface area contributed by atoms with E-state index in [1.807, 2.05) is 0 Å². The normalized spacial score (nSPS) is 29.0. The average Bonchev–Trinajstić information content (AvgIpc) is 2.63. The second-order valence-corrected chi connectivity index (χ2v) is 7.52. The van der Waals surface area contributed by atoms with Gasteiger partial charge in [-0.05, 0) is 13.8 Å². The number of carbonyl (C=O) groups excluding carboxylic acids is 2. The van der Waals surface area contributed by atoms with Crippen LogP contribution in [0.1, 0.15) is 13.8 Å². The Balaban J connectivity index is 1.91. The molecule has 2 heterocycles. The zero-order valence-corrected chi connectivity index (χ0v) is 13.0. The smallest absolute Gasteiger partial charge is 0.411 e. The van der Waals surface area contributed by atoms with Gasteiger partial charge in [-0.15, -0.1) is 11.8 Å². The fourth-order valence-corrected chi connectivity index (χ4v) is 4.25. The van der Waals surface area contributed by atoms with Gasteiger partial charge in [-0.2, -0.15) is 13.2 Å². The molecule has 0 aliphatic carbocycles. The first-order valence-corrected chi connectivity index (χ1v) is 7.48. The molecule has 0 aromatic carbocycles. The zero-order chi connectivity index (χ0) is 17.6. The van der Waals surface area contributed by atoms with Crippen molar-refractivity contribution >= 4 is 29.5 Å². The molecule has 0 bridgehead atoms. The number of β-lactam (4-membered cyclic amide) rings is 1. The highest BCUT2D eigenvalue weighted by atomic mass is 32.2. The number of carbonyl (C=O) groups is 3. The number of amides is 2. The van der Waals surface area contributed by atoms with Crippen LogP contribution in [0.2, 0.25) is 0 Å². The molecule has 2 N–H and O–H groups in total. The summed E-state index contributed by atoms with van der Waals surface area (Å²) in [4.78, 5) is 36.0. The van der Waals surface area contributed by atoms with Crippen molar-refractivity contribution < 1.29 is 37.4 Å². The standard InChI is InChI=1S/C12H15F3N2O5S/c1-11(2)7(10(20)21)17-8(19)6(9(17)23-11)16-5(18)3-22-4-12(13,14)15/h6-7,9H,3-4H2,1-2H3,(H,16,18)(H,20,21)/t6-,7+,9-/m1/s1. The average molecular weight is 356 g/mol. The first-order valence-electron chi connectivity index (χ1n) is 6.61. The molecule has 0 spiro atoms. The van der Waals surface area contributed by atoms with Gasteiger partial charge in [0.25, 0.3) is 0 Å². The van der Waals surface area contributed by atoms with E-state index in [1.54, 1.807) is 13.8 Å². The summed E-state index contributed by atoms with van der Waals surface area (Å²) in [6.45, 7) is 0.963. The maximum atomic E-state index is 12.0. The number of nitrogens with zero attached hydrogens (tertiary/aromatic N) is 1. The Morgan fingerprint density at radius 3 is 2.57 bits per heavy atom. The van der Waals surface area contributed by atoms with E-state index in [0.717, 1.165) is 0 Å². The largest absolute Gasteiger partial charge is 0.480 e. The summed E-state index contributed by atoms with van der Waals surface area (Å²) in [6, 6.07) is -1.97. The molecule has 130 valence electrons. The number of aliphatic carboxylic acids is 1. The lowest BCUT2D eigenvalue weighted by Crippen LogP contribution is -2.70. The van der Waals surface area contributed by atoms with E-state index in [2.05, 4.69) is 10.1 Å². The van der Waals surface area contributed by atoms with Gasteiger partial charge < -0.3 is 20.1 Å². The molecule has 23 heavy (non-hydrogen) atoms. The van der Waals surface area contributed by atoms with Gasteiger partial charge >= 0.3 is 12.1 Å². The fourth-order valence-electron chi connectivity index (χ4n) is 2.62. The van der Waals surface area contributed by atoms with Crippen LogP contribution in [0.3, 0.4) is 0 Å². The van der Waals surface area contributed by atoms with E-state index in [1.165, 1.54) is 16.7 Å². The van der Waals surface area contributed by atoms with Gasteiger partial charge in [-0.1, -0.05) is 0 Å². The highest BCUT2D eigenvalue weighted by Crippen LogP contribution is 2.50. The van der Waals surface area contributed by atoms with Gasteiger partial charge in [0, 0.05) is 4.75 Å². The Labute approximate surface area is 133 Å².